The zero-order chi connectivity index (χ0) is 22.0. The topological polar surface area (TPSA) is 82.6 Å². The molecule has 0 bridgehead atoms. The van der Waals surface area contributed by atoms with Crippen LogP contribution in [0.3, 0.4) is 0 Å². The average Bonchev–Trinajstić information content (AvgIpc) is 3.01. The summed E-state index contributed by atoms with van der Waals surface area (Å²) in [5, 5.41) is 2.84. The largest absolute Gasteiger partial charge is 0.357 e. The highest BCUT2D eigenvalue weighted by atomic mass is 79.9. The van der Waals surface area contributed by atoms with Gasteiger partial charge in [-0.15, -0.1) is 0 Å². The number of nitrogens with zero attached hydrogens (tertiary/aromatic N) is 3. The van der Waals surface area contributed by atoms with Crippen molar-refractivity contribution in [2.45, 2.75) is 32.7 Å². The van der Waals surface area contributed by atoms with Crippen molar-refractivity contribution in [3.63, 3.8) is 0 Å². The van der Waals surface area contributed by atoms with Crippen LogP contribution in [-0.4, -0.2) is 47.2 Å². The van der Waals surface area contributed by atoms with Gasteiger partial charge in [-0.3, -0.25) is 19.3 Å². The van der Waals surface area contributed by atoms with Crippen molar-refractivity contribution in [2.24, 2.45) is 5.92 Å². The first-order chi connectivity index (χ1) is 14.9. The number of carbonyl (C=O) groups excluding carboxylic acids is 3. The molecule has 2 aliphatic heterocycles. The maximum absolute atomic E-state index is 12.5. The number of piperidine rings is 1. The van der Waals surface area contributed by atoms with Crippen LogP contribution in [0.5, 0.6) is 0 Å². The smallest absolute Gasteiger partial charge is 0.261 e. The minimum atomic E-state index is -0.360. The molecule has 4 rings (SSSR count). The number of amides is 3. The minimum Gasteiger partial charge on any atom is -0.357 e. The van der Waals surface area contributed by atoms with Crippen LogP contribution < -0.4 is 10.2 Å². The molecule has 1 fully saturated rings. The molecule has 1 aromatic carbocycles. The third-order valence-electron chi connectivity index (χ3n) is 5.90. The highest BCUT2D eigenvalue weighted by molar-refractivity contribution is 9.10. The predicted molar refractivity (Wildman–Crippen MR) is 121 cm³/mol. The average molecular weight is 485 g/mol. The minimum absolute atomic E-state index is 0.0559. The molecule has 7 nitrogen and oxygen atoms in total. The number of carbonyl (C=O) groups is 3. The van der Waals surface area contributed by atoms with Gasteiger partial charge in [-0.2, -0.15) is 0 Å². The van der Waals surface area contributed by atoms with E-state index in [2.05, 4.69) is 38.1 Å². The van der Waals surface area contributed by atoms with Crippen LogP contribution in [0.25, 0.3) is 0 Å². The summed E-state index contributed by atoms with van der Waals surface area (Å²) in [6.07, 6.45) is 4.22. The number of imide groups is 1. The molecule has 3 amide bonds. The zero-order valence-corrected chi connectivity index (χ0v) is 19.0. The molecule has 1 saturated heterocycles. The lowest BCUT2D eigenvalue weighted by molar-refractivity contribution is -0.121. The van der Waals surface area contributed by atoms with Gasteiger partial charge in [0.2, 0.25) is 5.91 Å². The number of fused-ring (bicyclic) bond motifs is 1. The Morgan fingerprint density at radius 2 is 1.87 bits per heavy atom. The summed E-state index contributed by atoms with van der Waals surface area (Å²) in [5.74, 6) is 0.812. The Bertz CT molecular complexity index is 1000. The van der Waals surface area contributed by atoms with Gasteiger partial charge in [0.1, 0.15) is 5.82 Å². The van der Waals surface area contributed by atoms with Crippen molar-refractivity contribution in [1.29, 1.82) is 0 Å². The Balaban J connectivity index is 1.25. The van der Waals surface area contributed by atoms with E-state index in [1.807, 2.05) is 12.1 Å². The number of pyridine rings is 1. The summed E-state index contributed by atoms with van der Waals surface area (Å²) in [6.45, 7) is 4.75. The van der Waals surface area contributed by atoms with Crippen LogP contribution in [0.2, 0.25) is 0 Å². The maximum atomic E-state index is 12.5. The van der Waals surface area contributed by atoms with Crippen molar-refractivity contribution < 1.29 is 14.4 Å². The summed E-state index contributed by atoms with van der Waals surface area (Å²) < 4.78 is 0.737. The number of benzene rings is 1. The lowest BCUT2D eigenvalue weighted by Crippen LogP contribution is -2.34. The van der Waals surface area contributed by atoms with E-state index in [-0.39, 0.29) is 30.7 Å². The summed E-state index contributed by atoms with van der Waals surface area (Å²) in [6, 6.07) is 8.96. The normalized spacial score (nSPS) is 16.6. The number of halogens is 1. The van der Waals surface area contributed by atoms with E-state index >= 15 is 0 Å². The Morgan fingerprint density at radius 3 is 2.58 bits per heavy atom. The number of anilines is 1. The summed E-state index contributed by atoms with van der Waals surface area (Å²) >= 11 is 3.31. The van der Waals surface area contributed by atoms with Gasteiger partial charge < -0.3 is 10.2 Å². The molecule has 1 N–H and O–H groups in total. The number of hydrogen-bond donors (Lipinski definition) is 1. The Labute approximate surface area is 189 Å². The number of hydrogen-bond acceptors (Lipinski definition) is 5. The number of aromatic nitrogens is 1. The Morgan fingerprint density at radius 1 is 1.13 bits per heavy atom. The first-order valence-corrected chi connectivity index (χ1v) is 11.3. The van der Waals surface area contributed by atoms with Crippen molar-refractivity contribution in [3.8, 4) is 0 Å². The first-order valence-electron chi connectivity index (χ1n) is 10.5. The van der Waals surface area contributed by atoms with Gasteiger partial charge in [0.05, 0.1) is 11.1 Å². The van der Waals surface area contributed by atoms with Crippen LogP contribution in [0, 0.1) is 5.92 Å². The van der Waals surface area contributed by atoms with Gasteiger partial charge in [0.25, 0.3) is 11.8 Å². The van der Waals surface area contributed by atoms with Crippen molar-refractivity contribution >= 4 is 39.5 Å². The monoisotopic (exact) mass is 484 g/mol. The van der Waals surface area contributed by atoms with Gasteiger partial charge in [-0.25, -0.2) is 4.98 Å². The molecule has 31 heavy (non-hydrogen) atoms. The first kappa shape index (κ1) is 21.5. The van der Waals surface area contributed by atoms with Gasteiger partial charge in [-0.05, 0) is 48.6 Å². The van der Waals surface area contributed by atoms with Crippen LogP contribution in [0.1, 0.15) is 52.5 Å². The second-order valence-electron chi connectivity index (χ2n) is 8.17. The SMILES string of the molecule is CC1CCN(c2ccc(CNC(=O)CCN3C(=O)c4ccc(Br)cc4C3=O)cn2)CC1. The molecule has 0 unspecified atom stereocenters. The van der Waals surface area contributed by atoms with Crippen LogP contribution >= 0.6 is 15.9 Å². The molecule has 1 aromatic heterocycles. The summed E-state index contributed by atoms with van der Waals surface area (Å²) in [7, 11) is 0. The third-order valence-corrected chi connectivity index (χ3v) is 6.39. The fourth-order valence-corrected chi connectivity index (χ4v) is 4.28. The van der Waals surface area contributed by atoms with E-state index in [4.69, 9.17) is 0 Å². The lowest BCUT2D eigenvalue weighted by Gasteiger charge is -2.31. The quantitative estimate of drug-likeness (QED) is 0.635. The Kier molecular flexibility index (Phi) is 6.36. The van der Waals surface area contributed by atoms with E-state index in [1.165, 1.54) is 12.8 Å². The summed E-state index contributed by atoms with van der Waals surface area (Å²) in [5.41, 5.74) is 1.66. The fourth-order valence-electron chi connectivity index (χ4n) is 3.91. The Hall–Kier alpha value is -2.74. The summed E-state index contributed by atoms with van der Waals surface area (Å²) in [4.78, 5) is 45.1. The van der Waals surface area contributed by atoms with Crippen LogP contribution in [0.4, 0.5) is 5.82 Å². The molecule has 0 aliphatic carbocycles. The molecular weight excluding hydrogens is 460 g/mol. The fraction of sp³-hybridized carbons (Fsp3) is 0.391. The molecule has 0 radical (unpaired) electrons. The lowest BCUT2D eigenvalue weighted by atomic mass is 9.99. The van der Waals surface area contributed by atoms with Crippen molar-refractivity contribution in [2.75, 3.05) is 24.5 Å². The molecule has 2 aromatic rings. The molecule has 0 saturated carbocycles. The van der Waals surface area contributed by atoms with Crippen LogP contribution in [-0.2, 0) is 11.3 Å². The molecule has 0 spiro atoms. The molecule has 2 aliphatic rings. The second kappa shape index (κ2) is 9.18. The molecule has 162 valence electrons. The molecule has 8 heteroatoms. The molecular formula is C23H25BrN4O3. The van der Waals surface area contributed by atoms with E-state index < -0.39 is 0 Å². The van der Waals surface area contributed by atoms with Crippen molar-refractivity contribution in [1.82, 2.24) is 15.2 Å². The van der Waals surface area contributed by atoms with E-state index in [0.717, 1.165) is 39.8 Å². The number of nitrogens with one attached hydrogen (secondary N) is 1. The third kappa shape index (κ3) is 4.79. The van der Waals surface area contributed by atoms with Gasteiger partial charge in [-0.1, -0.05) is 28.9 Å². The van der Waals surface area contributed by atoms with E-state index in [1.54, 1.807) is 24.4 Å². The van der Waals surface area contributed by atoms with Gasteiger partial charge in [0, 0.05) is 43.3 Å². The molecule has 3 heterocycles. The van der Waals surface area contributed by atoms with E-state index in [9.17, 15) is 14.4 Å². The number of rotatable bonds is 6. The molecule has 0 atom stereocenters. The van der Waals surface area contributed by atoms with Crippen molar-refractivity contribution in [3.05, 3.63) is 57.7 Å². The van der Waals surface area contributed by atoms with Crippen LogP contribution in [0.15, 0.2) is 41.0 Å². The van der Waals surface area contributed by atoms with Gasteiger partial charge in [0.15, 0.2) is 0 Å². The van der Waals surface area contributed by atoms with E-state index in [0.29, 0.717) is 17.7 Å². The highest BCUT2D eigenvalue weighted by Crippen LogP contribution is 2.26. The van der Waals surface area contributed by atoms with Gasteiger partial charge >= 0.3 is 0 Å². The predicted octanol–water partition coefficient (Wildman–Crippen LogP) is 3.38. The highest BCUT2D eigenvalue weighted by Gasteiger charge is 2.35. The maximum Gasteiger partial charge on any atom is 0.261 e. The zero-order valence-electron chi connectivity index (χ0n) is 17.4. The second-order valence-corrected chi connectivity index (χ2v) is 9.09. The standard InChI is InChI=1S/C23H25BrN4O3/c1-15-6-9-27(10-7-15)20-5-2-16(13-25-20)14-26-21(29)8-11-28-22(30)18-4-3-17(24)12-19(18)23(28)31/h2-5,12-13,15H,6-11,14H2,1H3,(H,26,29).